The third-order valence-corrected chi connectivity index (χ3v) is 3.30. The second-order valence-corrected chi connectivity index (χ2v) is 4.84. The van der Waals surface area contributed by atoms with Gasteiger partial charge in [0.2, 0.25) is 0 Å². The monoisotopic (exact) mass is 241 g/mol. The van der Waals surface area contributed by atoms with E-state index in [-0.39, 0.29) is 12.5 Å². The first kappa shape index (κ1) is 13.5. The van der Waals surface area contributed by atoms with Crippen molar-refractivity contribution in [1.82, 2.24) is 5.32 Å². The molecule has 0 saturated carbocycles. The van der Waals surface area contributed by atoms with Crippen molar-refractivity contribution in [3.8, 4) is 0 Å². The molecule has 90 valence electrons. The number of nitrogens with one attached hydrogen (secondary N) is 1. The molecule has 1 aromatic rings. The van der Waals surface area contributed by atoms with Gasteiger partial charge >= 0.3 is 0 Å². The molecule has 0 aliphatic heterocycles. The van der Waals surface area contributed by atoms with Gasteiger partial charge in [0.25, 0.3) is 0 Å². The van der Waals surface area contributed by atoms with Gasteiger partial charge in [-0.1, -0.05) is 24.6 Å². The second-order valence-electron chi connectivity index (χ2n) is 4.40. The molecular formula is C13H20ClNO. The first-order valence-electron chi connectivity index (χ1n) is 5.64. The first-order chi connectivity index (χ1) is 7.54. The van der Waals surface area contributed by atoms with Gasteiger partial charge in [-0.25, -0.2) is 0 Å². The lowest BCUT2D eigenvalue weighted by Crippen LogP contribution is -2.33. The van der Waals surface area contributed by atoms with E-state index in [0.29, 0.717) is 6.04 Å². The van der Waals surface area contributed by atoms with Crippen LogP contribution in [0.5, 0.6) is 0 Å². The smallest absolute Gasteiger partial charge is 0.0471 e. The van der Waals surface area contributed by atoms with E-state index in [1.807, 2.05) is 25.1 Å². The molecular weight excluding hydrogens is 222 g/mol. The van der Waals surface area contributed by atoms with Gasteiger partial charge in [0.05, 0.1) is 0 Å². The Balaban J connectivity index is 2.54. The molecule has 0 aromatic heterocycles. The van der Waals surface area contributed by atoms with Gasteiger partial charge in [0.15, 0.2) is 0 Å². The van der Waals surface area contributed by atoms with Crippen LogP contribution in [0.3, 0.4) is 0 Å². The molecule has 0 aliphatic carbocycles. The van der Waals surface area contributed by atoms with Crippen LogP contribution in [0.15, 0.2) is 18.2 Å². The fraction of sp³-hybridized carbons (Fsp3) is 0.538. The molecule has 0 aliphatic rings. The highest BCUT2D eigenvalue weighted by molar-refractivity contribution is 6.30. The summed E-state index contributed by atoms with van der Waals surface area (Å²) in [7, 11) is 0. The van der Waals surface area contributed by atoms with E-state index in [4.69, 9.17) is 16.7 Å². The van der Waals surface area contributed by atoms with Crippen LogP contribution in [0.1, 0.15) is 25.0 Å². The molecule has 3 heteroatoms. The average Bonchev–Trinajstić information content (AvgIpc) is 2.26. The molecule has 0 bridgehead atoms. The zero-order valence-corrected chi connectivity index (χ0v) is 10.9. The van der Waals surface area contributed by atoms with Crippen molar-refractivity contribution >= 4 is 11.6 Å². The Labute approximate surface area is 103 Å². The number of aliphatic hydroxyl groups is 1. The molecule has 0 amide bonds. The molecule has 0 heterocycles. The molecule has 2 atom stereocenters. The largest absolute Gasteiger partial charge is 0.396 e. The quantitative estimate of drug-likeness (QED) is 0.831. The summed E-state index contributed by atoms with van der Waals surface area (Å²) in [6.07, 6.45) is 0. The minimum Gasteiger partial charge on any atom is -0.396 e. The molecule has 2 unspecified atom stereocenters. The minimum absolute atomic E-state index is 0.216. The van der Waals surface area contributed by atoms with Crippen molar-refractivity contribution in [1.29, 1.82) is 0 Å². The lowest BCUT2D eigenvalue weighted by Gasteiger charge is -2.20. The van der Waals surface area contributed by atoms with Crippen molar-refractivity contribution in [3.05, 3.63) is 34.3 Å². The van der Waals surface area contributed by atoms with E-state index in [2.05, 4.69) is 19.2 Å². The standard InChI is InChI=1S/C13H20ClNO/c1-9-6-13(14)5-4-12(9)7-15-11(3)10(2)8-16/h4-6,10-11,15-16H,7-8H2,1-3H3. The summed E-state index contributed by atoms with van der Waals surface area (Å²) in [5.74, 6) is 0.271. The van der Waals surface area contributed by atoms with E-state index < -0.39 is 0 Å². The Morgan fingerprint density at radius 1 is 1.38 bits per heavy atom. The van der Waals surface area contributed by atoms with Gasteiger partial charge in [-0.15, -0.1) is 0 Å². The minimum atomic E-state index is 0.216. The normalized spacial score (nSPS) is 14.8. The van der Waals surface area contributed by atoms with Gasteiger partial charge in [-0.2, -0.15) is 0 Å². The second kappa shape index (κ2) is 6.24. The van der Waals surface area contributed by atoms with Gasteiger partial charge in [0, 0.05) is 24.2 Å². The number of rotatable bonds is 5. The predicted octanol–water partition coefficient (Wildman–Crippen LogP) is 2.75. The highest BCUT2D eigenvalue weighted by atomic mass is 35.5. The molecule has 2 N–H and O–H groups in total. The topological polar surface area (TPSA) is 32.3 Å². The number of benzene rings is 1. The van der Waals surface area contributed by atoms with Crippen molar-refractivity contribution < 1.29 is 5.11 Å². The molecule has 1 rings (SSSR count). The maximum atomic E-state index is 9.04. The van der Waals surface area contributed by atoms with Crippen LogP contribution in [0.25, 0.3) is 0 Å². The third kappa shape index (κ3) is 3.78. The summed E-state index contributed by atoms with van der Waals surface area (Å²) in [4.78, 5) is 0. The van der Waals surface area contributed by atoms with E-state index >= 15 is 0 Å². The fourth-order valence-corrected chi connectivity index (χ4v) is 1.71. The predicted molar refractivity (Wildman–Crippen MR) is 68.7 cm³/mol. The Hall–Kier alpha value is -0.570. The van der Waals surface area contributed by atoms with Crippen LogP contribution in [0, 0.1) is 12.8 Å². The van der Waals surface area contributed by atoms with Crippen molar-refractivity contribution in [2.24, 2.45) is 5.92 Å². The van der Waals surface area contributed by atoms with Gasteiger partial charge in [-0.3, -0.25) is 0 Å². The molecule has 16 heavy (non-hydrogen) atoms. The molecule has 0 spiro atoms. The van der Waals surface area contributed by atoms with Crippen LogP contribution in [0.4, 0.5) is 0 Å². The SMILES string of the molecule is Cc1cc(Cl)ccc1CNC(C)C(C)CO. The summed E-state index contributed by atoms with van der Waals surface area (Å²) < 4.78 is 0. The fourth-order valence-electron chi connectivity index (χ4n) is 1.49. The highest BCUT2D eigenvalue weighted by Crippen LogP contribution is 2.15. The molecule has 0 fully saturated rings. The van der Waals surface area contributed by atoms with Gasteiger partial charge in [-0.05, 0) is 43.0 Å². The maximum Gasteiger partial charge on any atom is 0.0471 e. The maximum absolute atomic E-state index is 9.04. The Kier molecular flexibility index (Phi) is 5.26. The molecule has 0 saturated heterocycles. The Bertz CT molecular complexity index is 341. The van der Waals surface area contributed by atoms with Gasteiger partial charge in [0.1, 0.15) is 0 Å². The van der Waals surface area contributed by atoms with Crippen LogP contribution in [0.2, 0.25) is 5.02 Å². The zero-order chi connectivity index (χ0) is 12.1. The summed E-state index contributed by atoms with van der Waals surface area (Å²) in [5.41, 5.74) is 2.45. The Morgan fingerprint density at radius 3 is 2.62 bits per heavy atom. The summed E-state index contributed by atoms with van der Waals surface area (Å²) in [6, 6.07) is 6.23. The summed E-state index contributed by atoms with van der Waals surface area (Å²) >= 11 is 5.90. The third-order valence-electron chi connectivity index (χ3n) is 3.06. The summed E-state index contributed by atoms with van der Waals surface area (Å²) in [5, 5.41) is 13.2. The highest BCUT2D eigenvalue weighted by Gasteiger charge is 2.10. The average molecular weight is 242 g/mol. The summed E-state index contributed by atoms with van der Waals surface area (Å²) in [6.45, 7) is 7.21. The lowest BCUT2D eigenvalue weighted by atomic mass is 10.0. The van der Waals surface area contributed by atoms with Crippen molar-refractivity contribution in [2.45, 2.75) is 33.4 Å². The number of hydrogen-bond acceptors (Lipinski definition) is 2. The molecule has 2 nitrogen and oxygen atoms in total. The number of aliphatic hydroxyl groups excluding tert-OH is 1. The van der Waals surface area contributed by atoms with Crippen LogP contribution in [-0.2, 0) is 6.54 Å². The van der Waals surface area contributed by atoms with E-state index in [0.717, 1.165) is 11.6 Å². The number of halogens is 1. The number of aryl methyl sites for hydroxylation is 1. The molecule has 0 radical (unpaired) electrons. The number of hydrogen-bond donors (Lipinski definition) is 2. The van der Waals surface area contributed by atoms with Crippen LogP contribution >= 0.6 is 11.6 Å². The van der Waals surface area contributed by atoms with Crippen molar-refractivity contribution in [2.75, 3.05) is 6.61 Å². The van der Waals surface area contributed by atoms with E-state index in [9.17, 15) is 0 Å². The van der Waals surface area contributed by atoms with Crippen LogP contribution in [-0.4, -0.2) is 17.8 Å². The van der Waals surface area contributed by atoms with E-state index in [1.165, 1.54) is 11.1 Å². The van der Waals surface area contributed by atoms with Crippen LogP contribution < -0.4 is 5.32 Å². The van der Waals surface area contributed by atoms with E-state index in [1.54, 1.807) is 0 Å². The molecule has 1 aromatic carbocycles. The Morgan fingerprint density at radius 2 is 2.06 bits per heavy atom. The van der Waals surface area contributed by atoms with Gasteiger partial charge < -0.3 is 10.4 Å². The van der Waals surface area contributed by atoms with Crippen molar-refractivity contribution in [3.63, 3.8) is 0 Å². The lowest BCUT2D eigenvalue weighted by molar-refractivity contribution is 0.207. The first-order valence-corrected chi connectivity index (χ1v) is 6.01. The zero-order valence-electron chi connectivity index (χ0n) is 10.1.